The summed E-state index contributed by atoms with van der Waals surface area (Å²) in [5.74, 6) is -3.04. The maximum atomic E-state index is 11.9. The minimum absolute atomic E-state index is 0.112. The number of ether oxygens (including phenoxy) is 4. The van der Waals surface area contributed by atoms with Gasteiger partial charge in [-0.2, -0.15) is 0 Å². The first kappa shape index (κ1) is 12.5. The molecule has 0 radical (unpaired) electrons. The maximum Gasteiger partial charge on any atom is 0.365 e. The Morgan fingerprint density at radius 3 is 2.17 bits per heavy atom. The number of carbonyl (C=O) groups is 2. The van der Waals surface area contributed by atoms with Crippen LogP contribution in [0.1, 0.15) is 20.7 Å². The lowest BCUT2D eigenvalue weighted by Gasteiger charge is -2.30. The van der Waals surface area contributed by atoms with Gasteiger partial charge in [0.25, 0.3) is 0 Å². The Morgan fingerprint density at radius 1 is 1.06 bits per heavy atom. The van der Waals surface area contributed by atoms with Crippen molar-refractivity contribution in [1.82, 2.24) is 0 Å². The second-order valence-corrected chi connectivity index (χ2v) is 3.60. The molecule has 2 rings (SSSR count). The monoisotopic (exact) mass is 252 g/mol. The van der Waals surface area contributed by atoms with E-state index in [1.807, 2.05) is 0 Å². The normalized spacial score (nSPS) is 18.1. The van der Waals surface area contributed by atoms with Crippen LogP contribution >= 0.6 is 0 Å². The van der Waals surface area contributed by atoms with E-state index in [-0.39, 0.29) is 17.7 Å². The second-order valence-electron chi connectivity index (χ2n) is 3.60. The molecule has 0 aromatic heterocycles. The third kappa shape index (κ3) is 2.07. The van der Waals surface area contributed by atoms with Gasteiger partial charge in [0.15, 0.2) is 6.61 Å². The fraction of sp³-hybridized carbons (Fsp3) is 0.333. The summed E-state index contributed by atoms with van der Waals surface area (Å²) in [7, 11) is 2.58. The number of rotatable bonds is 2. The van der Waals surface area contributed by atoms with E-state index in [1.165, 1.54) is 26.4 Å². The van der Waals surface area contributed by atoms with E-state index in [4.69, 9.17) is 18.9 Å². The van der Waals surface area contributed by atoms with Gasteiger partial charge in [0.2, 0.25) is 0 Å². The summed E-state index contributed by atoms with van der Waals surface area (Å²) in [6.45, 7) is -0.334. The van der Waals surface area contributed by atoms with Crippen molar-refractivity contribution >= 4 is 11.9 Å². The molecule has 0 fully saturated rings. The molecule has 96 valence electrons. The van der Waals surface area contributed by atoms with Gasteiger partial charge in [0.05, 0.1) is 11.1 Å². The first-order chi connectivity index (χ1) is 8.62. The zero-order valence-corrected chi connectivity index (χ0v) is 9.97. The highest BCUT2D eigenvalue weighted by molar-refractivity contribution is 6.03. The number of carbonyl (C=O) groups excluding carboxylic acids is 2. The van der Waals surface area contributed by atoms with Crippen molar-refractivity contribution < 1.29 is 28.5 Å². The summed E-state index contributed by atoms with van der Waals surface area (Å²) >= 11 is 0. The van der Waals surface area contributed by atoms with Crippen LogP contribution in [0.2, 0.25) is 0 Å². The van der Waals surface area contributed by atoms with Crippen LogP contribution in [0, 0.1) is 0 Å². The second kappa shape index (κ2) is 4.75. The van der Waals surface area contributed by atoms with Crippen molar-refractivity contribution in [3.63, 3.8) is 0 Å². The summed E-state index contributed by atoms with van der Waals surface area (Å²) < 4.78 is 20.0. The summed E-state index contributed by atoms with van der Waals surface area (Å²) in [6.07, 6.45) is 0. The highest BCUT2D eigenvalue weighted by Crippen LogP contribution is 2.22. The molecule has 0 aliphatic carbocycles. The van der Waals surface area contributed by atoms with Gasteiger partial charge in [-0.05, 0) is 12.1 Å². The first-order valence-corrected chi connectivity index (χ1v) is 5.21. The van der Waals surface area contributed by atoms with Crippen molar-refractivity contribution in [3.05, 3.63) is 35.4 Å². The molecule has 6 nitrogen and oxygen atoms in total. The molecule has 1 aromatic carbocycles. The van der Waals surface area contributed by atoms with E-state index >= 15 is 0 Å². The molecule has 1 aliphatic heterocycles. The minimum atomic E-state index is -1.71. The highest BCUT2D eigenvalue weighted by atomic mass is 16.9. The van der Waals surface area contributed by atoms with Crippen molar-refractivity contribution in [2.75, 3.05) is 20.8 Å². The largest absolute Gasteiger partial charge is 0.452 e. The lowest BCUT2D eigenvalue weighted by atomic mass is 10.1. The van der Waals surface area contributed by atoms with E-state index < -0.39 is 17.9 Å². The number of cyclic esters (lactones) is 2. The Hall–Kier alpha value is -1.92. The Kier molecular flexibility index (Phi) is 3.31. The first-order valence-electron chi connectivity index (χ1n) is 5.21. The number of hydrogen-bond donors (Lipinski definition) is 0. The molecular formula is C12H12O6. The summed E-state index contributed by atoms with van der Waals surface area (Å²) in [4.78, 5) is 23.7. The van der Waals surface area contributed by atoms with E-state index in [0.29, 0.717) is 0 Å². The minimum Gasteiger partial charge on any atom is -0.452 e. The van der Waals surface area contributed by atoms with Crippen molar-refractivity contribution in [2.45, 2.75) is 5.97 Å². The molecule has 0 amide bonds. The van der Waals surface area contributed by atoms with Crippen LogP contribution in [0.5, 0.6) is 0 Å². The van der Waals surface area contributed by atoms with E-state index in [0.717, 1.165) is 0 Å². The fourth-order valence-corrected chi connectivity index (χ4v) is 1.58. The third-order valence-electron chi connectivity index (χ3n) is 2.62. The zero-order chi connectivity index (χ0) is 13.2. The molecule has 1 aromatic rings. The summed E-state index contributed by atoms with van der Waals surface area (Å²) in [5.41, 5.74) is 0.268. The van der Waals surface area contributed by atoms with Crippen LogP contribution < -0.4 is 0 Å². The number of fused-ring (bicyclic) bond motifs is 1. The van der Waals surface area contributed by atoms with Gasteiger partial charge in [0.1, 0.15) is 0 Å². The highest BCUT2D eigenvalue weighted by Gasteiger charge is 2.40. The van der Waals surface area contributed by atoms with E-state index in [9.17, 15) is 9.59 Å². The molecule has 0 unspecified atom stereocenters. The predicted molar refractivity (Wildman–Crippen MR) is 58.9 cm³/mol. The Balaban J connectivity index is 2.44. The van der Waals surface area contributed by atoms with E-state index in [1.54, 1.807) is 12.1 Å². The quantitative estimate of drug-likeness (QED) is 0.576. The summed E-state index contributed by atoms with van der Waals surface area (Å²) in [5, 5.41) is 0. The Morgan fingerprint density at radius 2 is 1.61 bits per heavy atom. The smallest absolute Gasteiger partial charge is 0.365 e. The van der Waals surface area contributed by atoms with Gasteiger partial charge in [-0.15, -0.1) is 0 Å². The van der Waals surface area contributed by atoms with Crippen LogP contribution in [-0.4, -0.2) is 38.7 Å². The lowest BCUT2D eigenvalue weighted by Crippen LogP contribution is -2.46. The van der Waals surface area contributed by atoms with E-state index in [2.05, 4.69) is 0 Å². The van der Waals surface area contributed by atoms with Crippen LogP contribution in [-0.2, 0) is 18.9 Å². The molecule has 0 atom stereocenters. The molecule has 0 saturated heterocycles. The molecule has 0 N–H and O–H groups in total. The van der Waals surface area contributed by atoms with Gasteiger partial charge < -0.3 is 18.9 Å². The number of hydrogen-bond acceptors (Lipinski definition) is 6. The van der Waals surface area contributed by atoms with Crippen molar-refractivity contribution in [2.24, 2.45) is 0 Å². The number of benzene rings is 1. The van der Waals surface area contributed by atoms with Crippen LogP contribution in [0.15, 0.2) is 24.3 Å². The predicted octanol–water partition coefficient (Wildman–Crippen LogP) is 0.960. The molecule has 6 heteroatoms. The number of methoxy groups -OCH3 is 2. The topological polar surface area (TPSA) is 71.1 Å². The lowest BCUT2D eigenvalue weighted by molar-refractivity contribution is -0.347. The standard InChI is InChI=1S/C12H12O6/c1-15-12(16-2)7-17-10(13)8-5-3-4-6-9(8)11(14)18-12/h3-6H,7H2,1-2H3. The third-order valence-corrected chi connectivity index (χ3v) is 2.62. The molecule has 0 spiro atoms. The van der Waals surface area contributed by atoms with Gasteiger partial charge in [-0.3, -0.25) is 0 Å². The average Bonchev–Trinajstić information content (AvgIpc) is 2.42. The van der Waals surface area contributed by atoms with Crippen LogP contribution in [0.3, 0.4) is 0 Å². The zero-order valence-electron chi connectivity index (χ0n) is 9.97. The summed E-state index contributed by atoms with van der Waals surface area (Å²) in [6, 6.07) is 6.22. The van der Waals surface area contributed by atoms with Crippen molar-refractivity contribution in [3.8, 4) is 0 Å². The fourth-order valence-electron chi connectivity index (χ4n) is 1.58. The van der Waals surface area contributed by atoms with Gasteiger partial charge in [-0.25, -0.2) is 9.59 Å². The molecular weight excluding hydrogens is 240 g/mol. The molecule has 18 heavy (non-hydrogen) atoms. The van der Waals surface area contributed by atoms with Gasteiger partial charge >= 0.3 is 17.9 Å². The SMILES string of the molecule is COC1(OC)COC(=O)c2ccccc2C(=O)O1. The average molecular weight is 252 g/mol. The molecule has 0 bridgehead atoms. The number of esters is 2. The van der Waals surface area contributed by atoms with Crippen LogP contribution in [0.4, 0.5) is 0 Å². The van der Waals surface area contributed by atoms with Gasteiger partial charge in [-0.1, -0.05) is 12.1 Å². The van der Waals surface area contributed by atoms with Gasteiger partial charge in [0, 0.05) is 14.2 Å². The molecule has 0 saturated carbocycles. The van der Waals surface area contributed by atoms with Crippen LogP contribution in [0.25, 0.3) is 0 Å². The molecule has 1 aliphatic rings. The Bertz CT molecular complexity index is 477. The molecule has 1 heterocycles. The maximum absolute atomic E-state index is 11.9. The Labute approximate surface area is 103 Å². The van der Waals surface area contributed by atoms with Crippen molar-refractivity contribution in [1.29, 1.82) is 0 Å².